The highest BCUT2D eigenvalue weighted by Crippen LogP contribution is 2.03. The van der Waals surface area contributed by atoms with Gasteiger partial charge in [0.05, 0.1) is 25.3 Å². The lowest BCUT2D eigenvalue weighted by atomic mass is 10.2. The predicted octanol–water partition coefficient (Wildman–Crippen LogP) is 1.54. The van der Waals surface area contributed by atoms with Crippen molar-refractivity contribution in [3.63, 3.8) is 0 Å². The summed E-state index contributed by atoms with van der Waals surface area (Å²) in [5.74, 6) is -0.237. The molecule has 1 aromatic rings. The van der Waals surface area contributed by atoms with Crippen molar-refractivity contribution in [2.24, 2.45) is 0 Å². The van der Waals surface area contributed by atoms with Crippen LogP contribution < -0.4 is 0 Å². The molecule has 0 spiro atoms. The van der Waals surface area contributed by atoms with Gasteiger partial charge in [-0.25, -0.2) is 0 Å². The normalized spacial score (nSPS) is 10.6. The highest BCUT2D eigenvalue weighted by Gasteiger charge is 1.96. The SMILES string of the molecule is CCOC(=O)CC=Cc1ccc(CO)nc1. The van der Waals surface area contributed by atoms with E-state index >= 15 is 0 Å². The lowest BCUT2D eigenvalue weighted by molar-refractivity contribution is -0.142. The second-order valence-corrected chi connectivity index (χ2v) is 3.15. The number of pyridine rings is 1. The predicted molar refractivity (Wildman–Crippen MR) is 60.4 cm³/mol. The van der Waals surface area contributed by atoms with Gasteiger partial charge in [-0.05, 0) is 18.6 Å². The summed E-state index contributed by atoms with van der Waals surface area (Å²) in [6, 6.07) is 3.57. The lowest BCUT2D eigenvalue weighted by Crippen LogP contribution is -2.01. The first kappa shape index (κ1) is 12.4. The largest absolute Gasteiger partial charge is 0.466 e. The number of hydrogen-bond donors (Lipinski definition) is 1. The van der Waals surface area contributed by atoms with E-state index in [9.17, 15) is 4.79 Å². The van der Waals surface area contributed by atoms with Crippen molar-refractivity contribution in [3.8, 4) is 0 Å². The van der Waals surface area contributed by atoms with E-state index in [4.69, 9.17) is 9.84 Å². The number of carbonyl (C=O) groups is 1. The second-order valence-electron chi connectivity index (χ2n) is 3.15. The van der Waals surface area contributed by atoms with Crippen LogP contribution in [0.25, 0.3) is 6.08 Å². The Balaban J connectivity index is 2.46. The number of hydrogen-bond acceptors (Lipinski definition) is 4. The monoisotopic (exact) mass is 221 g/mol. The van der Waals surface area contributed by atoms with Gasteiger partial charge in [0.2, 0.25) is 0 Å². The molecule has 1 rings (SSSR count). The van der Waals surface area contributed by atoms with E-state index in [0.717, 1.165) is 5.56 Å². The summed E-state index contributed by atoms with van der Waals surface area (Å²) >= 11 is 0. The average Bonchev–Trinajstić information content (AvgIpc) is 2.30. The van der Waals surface area contributed by atoms with Gasteiger partial charge in [-0.2, -0.15) is 0 Å². The quantitative estimate of drug-likeness (QED) is 0.766. The van der Waals surface area contributed by atoms with E-state index in [-0.39, 0.29) is 19.0 Å². The second kappa shape index (κ2) is 6.74. The third-order valence-corrected chi connectivity index (χ3v) is 1.91. The Morgan fingerprint density at radius 2 is 2.38 bits per heavy atom. The Morgan fingerprint density at radius 1 is 1.56 bits per heavy atom. The summed E-state index contributed by atoms with van der Waals surface area (Å²) in [7, 11) is 0. The molecule has 0 aliphatic rings. The van der Waals surface area contributed by atoms with Crippen molar-refractivity contribution in [3.05, 3.63) is 35.7 Å². The molecule has 0 aromatic carbocycles. The number of ether oxygens (including phenoxy) is 1. The van der Waals surface area contributed by atoms with Gasteiger partial charge in [0.15, 0.2) is 0 Å². The van der Waals surface area contributed by atoms with Gasteiger partial charge in [-0.15, -0.1) is 0 Å². The van der Waals surface area contributed by atoms with E-state index in [1.807, 2.05) is 6.07 Å². The van der Waals surface area contributed by atoms with E-state index in [0.29, 0.717) is 12.3 Å². The zero-order chi connectivity index (χ0) is 11.8. The maximum atomic E-state index is 11.0. The Morgan fingerprint density at radius 3 is 2.94 bits per heavy atom. The summed E-state index contributed by atoms with van der Waals surface area (Å²) in [6.07, 6.45) is 5.43. The minimum absolute atomic E-state index is 0.0627. The zero-order valence-electron chi connectivity index (χ0n) is 9.22. The smallest absolute Gasteiger partial charge is 0.309 e. The van der Waals surface area contributed by atoms with Crippen LogP contribution in [-0.2, 0) is 16.1 Å². The van der Waals surface area contributed by atoms with Crippen LogP contribution in [0.3, 0.4) is 0 Å². The zero-order valence-corrected chi connectivity index (χ0v) is 9.22. The molecule has 4 nitrogen and oxygen atoms in total. The van der Waals surface area contributed by atoms with Crippen molar-refractivity contribution in [1.29, 1.82) is 0 Å². The Labute approximate surface area is 94.6 Å². The standard InChI is InChI=1S/C12H15NO3/c1-2-16-12(15)5-3-4-10-6-7-11(9-14)13-8-10/h3-4,6-8,14H,2,5,9H2,1H3. The summed E-state index contributed by atoms with van der Waals surface area (Å²) in [5.41, 5.74) is 1.52. The molecule has 86 valence electrons. The van der Waals surface area contributed by atoms with Crippen molar-refractivity contribution in [2.45, 2.75) is 20.0 Å². The third kappa shape index (κ3) is 4.23. The van der Waals surface area contributed by atoms with E-state index in [1.165, 1.54) is 0 Å². The average molecular weight is 221 g/mol. The van der Waals surface area contributed by atoms with Gasteiger partial charge in [-0.3, -0.25) is 9.78 Å². The van der Waals surface area contributed by atoms with Crippen LogP contribution in [0.5, 0.6) is 0 Å². The molecule has 0 radical (unpaired) electrons. The van der Waals surface area contributed by atoms with Crippen LogP contribution in [-0.4, -0.2) is 22.7 Å². The van der Waals surface area contributed by atoms with Crippen LogP contribution >= 0.6 is 0 Å². The van der Waals surface area contributed by atoms with Crippen LogP contribution in [0.15, 0.2) is 24.4 Å². The number of aliphatic hydroxyl groups excluding tert-OH is 1. The van der Waals surface area contributed by atoms with Crippen LogP contribution in [0.2, 0.25) is 0 Å². The minimum atomic E-state index is -0.237. The van der Waals surface area contributed by atoms with E-state index in [2.05, 4.69) is 4.98 Å². The van der Waals surface area contributed by atoms with Crippen molar-refractivity contribution >= 4 is 12.0 Å². The summed E-state index contributed by atoms with van der Waals surface area (Å²) < 4.78 is 4.78. The molecule has 1 aromatic heterocycles. The molecular weight excluding hydrogens is 206 g/mol. The summed E-state index contributed by atoms with van der Waals surface area (Å²) in [4.78, 5) is 15.0. The van der Waals surface area contributed by atoms with Gasteiger partial charge in [0.25, 0.3) is 0 Å². The van der Waals surface area contributed by atoms with Gasteiger partial charge in [0, 0.05) is 6.20 Å². The fourth-order valence-electron chi connectivity index (χ4n) is 1.14. The molecular formula is C12H15NO3. The number of rotatable bonds is 5. The highest BCUT2D eigenvalue weighted by atomic mass is 16.5. The fourth-order valence-corrected chi connectivity index (χ4v) is 1.14. The first-order valence-corrected chi connectivity index (χ1v) is 5.14. The Hall–Kier alpha value is -1.68. The fraction of sp³-hybridized carbons (Fsp3) is 0.333. The van der Waals surface area contributed by atoms with Gasteiger partial charge < -0.3 is 9.84 Å². The molecule has 0 atom stereocenters. The summed E-state index contributed by atoms with van der Waals surface area (Å²) in [6.45, 7) is 2.12. The lowest BCUT2D eigenvalue weighted by Gasteiger charge is -1.97. The summed E-state index contributed by atoms with van der Waals surface area (Å²) in [5, 5.41) is 8.79. The Bertz CT molecular complexity index is 357. The molecule has 0 aliphatic carbocycles. The van der Waals surface area contributed by atoms with Crippen LogP contribution in [0.4, 0.5) is 0 Å². The van der Waals surface area contributed by atoms with Gasteiger partial charge >= 0.3 is 5.97 Å². The molecule has 0 aliphatic heterocycles. The number of esters is 1. The van der Waals surface area contributed by atoms with Gasteiger partial charge in [-0.1, -0.05) is 18.2 Å². The molecule has 1 N–H and O–H groups in total. The maximum absolute atomic E-state index is 11.0. The first-order chi connectivity index (χ1) is 7.76. The number of aliphatic hydroxyl groups is 1. The molecule has 1 heterocycles. The van der Waals surface area contributed by atoms with E-state index < -0.39 is 0 Å². The van der Waals surface area contributed by atoms with Crippen molar-refractivity contribution in [1.82, 2.24) is 4.98 Å². The molecule has 0 amide bonds. The topological polar surface area (TPSA) is 59.4 Å². The minimum Gasteiger partial charge on any atom is -0.466 e. The molecule has 0 fully saturated rings. The number of carbonyl (C=O) groups excluding carboxylic acids is 1. The molecule has 0 bridgehead atoms. The highest BCUT2D eigenvalue weighted by molar-refractivity contribution is 5.72. The first-order valence-electron chi connectivity index (χ1n) is 5.14. The molecule has 0 unspecified atom stereocenters. The third-order valence-electron chi connectivity index (χ3n) is 1.91. The molecule has 0 saturated heterocycles. The van der Waals surface area contributed by atoms with E-state index in [1.54, 1.807) is 31.3 Å². The Kier molecular flexibility index (Phi) is 5.22. The number of aromatic nitrogens is 1. The molecule has 4 heteroatoms. The molecule has 16 heavy (non-hydrogen) atoms. The van der Waals surface area contributed by atoms with Gasteiger partial charge in [0.1, 0.15) is 0 Å². The van der Waals surface area contributed by atoms with Crippen molar-refractivity contribution in [2.75, 3.05) is 6.61 Å². The van der Waals surface area contributed by atoms with Crippen LogP contribution in [0, 0.1) is 0 Å². The van der Waals surface area contributed by atoms with Crippen LogP contribution in [0.1, 0.15) is 24.6 Å². The maximum Gasteiger partial charge on any atom is 0.309 e. The van der Waals surface area contributed by atoms with Crippen molar-refractivity contribution < 1.29 is 14.6 Å². The number of nitrogens with zero attached hydrogens (tertiary/aromatic N) is 1. The molecule has 0 saturated carbocycles.